The molecular weight excluding hydrogens is 330 g/mol. The molecule has 0 atom stereocenters. The highest BCUT2D eigenvalue weighted by Crippen LogP contribution is 2.23. The van der Waals surface area contributed by atoms with E-state index in [-0.39, 0.29) is 30.2 Å². The average molecular weight is 347 g/mol. The first-order valence-electron chi connectivity index (χ1n) is 7.35. The first-order chi connectivity index (χ1) is 11.9. The van der Waals surface area contributed by atoms with E-state index < -0.39 is 10.9 Å². The Hall–Kier alpha value is -3.43. The second-order valence-electron chi connectivity index (χ2n) is 5.15. The van der Waals surface area contributed by atoms with Crippen molar-refractivity contribution < 1.29 is 19.6 Å². The van der Waals surface area contributed by atoms with Gasteiger partial charge in [-0.2, -0.15) is 5.10 Å². The van der Waals surface area contributed by atoms with Crippen molar-refractivity contribution in [2.75, 3.05) is 12.3 Å². The molecular formula is C15H17N5O5. The summed E-state index contributed by atoms with van der Waals surface area (Å²) in [6, 6.07) is 4.21. The predicted molar refractivity (Wildman–Crippen MR) is 89.8 cm³/mol. The zero-order chi connectivity index (χ0) is 18.4. The lowest BCUT2D eigenvalue weighted by atomic mass is 10.2. The molecule has 0 amide bonds. The van der Waals surface area contributed by atoms with Gasteiger partial charge in [-0.25, -0.2) is 9.66 Å². The van der Waals surface area contributed by atoms with Gasteiger partial charge in [-0.3, -0.25) is 14.9 Å². The molecule has 3 N–H and O–H groups in total. The van der Waals surface area contributed by atoms with Gasteiger partial charge in [0.1, 0.15) is 5.75 Å². The number of nitrogen functional groups attached to an aromatic ring is 1. The second-order valence-corrected chi connectivity index (χ2v) is 5.15. The van der Waals surface area contributed by atoms with Gasteiger partial charge in [0.2, 0.25) is 5.95 Å². The van der Waals surface area contributed by atoms with Crippen LogP contribution in [0, 0.1) is 17.0 Å². The molecule has 0 bridgehead atoms. The van der Waals surface area contributed by atoms with Gasteiger partial charge in [0, 0.05) is 12.5 Å². The summed E-state index contributed by atoms with van der Waals surface area (Å²) < 4.78 is 6.73. The summed E-state index contributed by atoms with van der Waals surface area (Å²) in [5, 5.41) is 23.8. The Morgan fingerprint density at radius 3 is 2.92 bits per heavy atom. The molecule has 1 aromatic carbocycles. The van der Waals surface area contributed by atoms with Gasteiger partial charge >= 0.3 is 5.97 Å². The number of nitrogens with zero attached hydrogens (tertiary/aromatic N) is 4. The fourth-order valence-electron chi connectivity index (χ4n) is 2.03. The molecule has 10 nitrogen and oxygen atoms in total. The zero-order valence-corrected chi connectivity index (χ0v) is 13.5. The number of aromatic nitrogens is 2. The monoisotopic (exact) mass is 347 g/mol. The van der Waals surface area contributed by atoms with Gasteiger partial charge in [-0.15, -0.1) is 0 Å². The van der Waals surface area contributed by atoms with E-state index in [1.807, 2.05) is 0 Å². The number of benzene rings is 1. The van der Waals surface area contributed by atoms with E-state index in [0.29, 0.717) is 17.9 Å². The standard InChI is InChI=1S/C15H17N5O5/c1-10-9-19(15(16)18-10)17-8-11-7-12(4-5-13(11)20(23)24)25-6-2-3-14(21)22/h4-5,7-9H,2-3,6H2,1H3,(H2,16,18)(H,21,22). The molecule has 0 aliphatic rings. The lowest BCUT2D eigenvalue weighted by Crippen LogP contribution is -2.03. The van der Waals surface area contributed by atoms with Crippen LogP contribution in [0.4, 0.5) is 11.6 Å². The summed E-state index contributed by atoms with van der Waals surface area (Å²) in [5.41, 5.74) is 6.42. The molecule has 0 saturated carbocycles. The molecule has 0 aliphatic heterocycles. The van der Waals surface area contributed by atoms with Gasteiger partial charge in [-0.1, -0.05) is 0 Å². The number of nitrogens with two attached hydrogens (primary N) is 1. The first kappa shape index (κ1) is 17.9. The molecule has 0 unspecified atom stereocenters. The normalized spacial score (nSPS) is 10.9. The van der Waals surface area contributed by atoms with Crippen molar-refractivity contribution in [2.24, 2.45) is 5.10 Å². The van der Waals surface area contributed by atoms with Gasteiger partial charge in [0.05, 0.1) is 35.2 Å². The number of aryl methyl sites for hydroxylation is 1. The van der Waals surface area contributed by atoms with E-state index in [0.717, 1.165) is 0 Å². The largest absolute Gasteiger partial charge is 0.494 e. The molecule has 25 heavy (non-hydrogen) atoms. The highest BCUT2D eigenvalue weighted by Gasteiger charge is 2.13. The fourth-order valence-corrected chi connectivity index (χ4v) is 2.03. The number of ether oxygens (including phenoxy) is 1. The van der Waals surface area contributed by atoms with Crippen molar-refractivity contribution in [3.8, 4) is 5.75 Å². The van der Waals surface area contributed by atoms with Crippen LogP contribution in [-0.4, -0.2) is 38.5 Å². The number of carboxylic acid groups (broad SMARTS) is 1. The van der Waals surface area contributed by atoms with Gasteiger partial charge in [0.15, 0.2) is 0 Å². The van der Waals surface area contributed by atoms with Crippen LogP contribution in [0.15, 0.2) is 29.5 Å². The third-order valence-electron chi connectivity index (χ3n) is 3.16. The second kappa shape index (κ2) is 7.90. The topological polar surface area (TPSA) is 146 Å². The Bertz CT molecular complexity index is 815. The quantitative estimate of drug-likeness (QED) is 0.320. The number of carboxylic acids is 1. The van der Waals surface area contributed by atoms with Gasteiger partial charge in [0.25, 0.3) is 5.69 Å². The van der Waals surface area contributed by atoms with Crippen LogP contribution in [-0.2, 0) is 4.79 Å². The zero-order valence-electron chi connectivity index (χ0n) is 13.5. The van der Waals surface area contributed by atoms with Crippen molar-refractivity contribution in [2.45, 2.75) is 19.8 Å². The van der Waals surface area contributed by atoms with E-state index in [9.17, 15) is 14.9 Å². The number of carbonyl (C=O) groups is 1. The molecule has 2 rings (SSSR count). The Labute approximate surface area is 142 Å². The summed E-state index contributed by atoms with van der Waals surface area (Å²) >= 11 is 0. The fraction of sp³-hybridized carbons (Fsp3) is 0.267. The Kier molecular flexibility index (Phi) is 5.66. The highest BCUT2D eigenvalue weighted by molar-refractivity contribution is 5.86. The molecule has 1 aromatic heterocycles. The molecule has 0 fully saturated rings. The van der Waals surface area contributed by atoms with Crippen LogP contribution in [0.2, 0.25) is 0 Å². The molecule has 0 aliphatic carbocycles. The number of nitro groups is 1. The summed E-state index contributed by atoms with van der Waals surface area (Å²) in [6.45, 7) is 1.94. The van der Waals surface area contributed by atoms with Crippen LogP contribution < -0.4 is 10.5 Å². The summed E-state index contributed by atoms with van der Waals surface area (Å²) in [5.74, 6) is -0.363. The minimum Gasteiger partial charge on any atom is -0.494 e. The summed E-state index contributed by atoms with van der Waals surface area (Å²) in [6.07, 6.45) is 3.20. The molecule has 1 heterocycles. The Balaban J connectivity index is 2.18. The number of nitro benzene ring substituents is 1. The summed E-state index contributed by atoms with van der Waals surface area (Å²) in [4.78, 5) is 25.1. The smallest absolute Gasteiger partial charge is 0.303 e. The van der Waals surface area contributed by atoms with E-state index in [4.69, 9.17) is 15.6 Å². The third-order valence-corrected chi connectivity index (χ3v) is 3.16. The SMILES string of the molecule is Cc1cn(N=Cc2cc(OCCCC(=O)O)ccc2[N+](=O)[O-])c(N)n1. The third kappa shape index (κ3) is 5.03. The molecule has 2 aromatic rings. The molecule has 0 saturated heterocycles. The molecule has 0 spiro atoms. The van der Waals surface area contributed by atoms with Gasteiger partial charge in [-0.05, 0) is 25.5 Å². The number of hydrogen-bond donors (Lipinski definition) is 2. The van der Waals surface area contributed by atoms with Crippen molar-refractivity contribution >= 4 is 23.8 Å². The maximum Gasteiger partial charge on any atom is 0.303 e. The lowest BCUT2D eigenvalue weighted by molar-refractivity contribution is -0.385. The number of anilines is 1. The minimum atomic E-state index is -0.909. The van der Waals surface area contributed by atoms with Crippen LogP contribution in [0.1, 0.15) is 24.1 Å². The van der Waals surface area contributed by atoms with Crippen molar-refractivity contribution in [3.63, 3.8) is 0 Å². The number of hydrogen-bond acceptors (Lipinski definition) is 7. The van der Waals surface area contributed by atoms with Crippen LogP contribution in [0.3, 0.4) is 0 Å². The van der Waals surface area contributed by atoms with Crippen LogP contribution >= 0.6 is 0 Å². The van der Waals surface area contributed by atoms with E-state index in [1.54, 1.807) is 13.1 Å². The highest BCUT2D eigenvalue weighted by atomic mass is 16.6. The van der Waals surface area contributed by atoms with Gasteiger partial charge < -0.3 is 15.6 Å². The lowest BCUT2D eigenvalue weighted by Gasteiger charge is -2.06. The predicted octanol–water partition coefficient (Wildman–Crippen LogP) is 1.81. The van der Waals surface area contributed by atoms with E-state index in [2.05, 4.69) is 10.1 Å². The molecule has 10 heteroatoms. The Morgan fingerprint density at radius 2 is 2.32 bits per heavy atom. The molecule has 0 radical (unpaired) electrons. The number of aliphatic carboxylic acids is 1. The van der Waals surface area contributed by atoms with Crippen molar-refractivity contribution in [1.29, 1.82) is 0 Å². The minimum absolute atomic E-state index is 0.0133. The maximum absolute atomic E-state index is 11.1. The summed E-state index contributed by atoms with van der Waals surface area (Å²) in [7, 11) is 0. The van der Waals surface area contributed by atoms with Crippen molar-refractivity contribution in [1.82, 2.24) is 9.66 Å². The first-order valence-corrected chi connectivity index (χ1v) is 7.35. The van der Waals surface area contributed by atoms with Crippen molar-refractivity contribution in [3.05, 3.63) is 45.8 Å². The van der Waals surface area contributed by atoms with E-state index in [1.165, 1.54) is 29.1 Å². The Morgan fingerprint density at radius 1 is 1.56 bits per heavy atom. The van der Waals surface area contributed by atoms with E-state index >= 15 is 0 Å². The molecule has 132 valence electrons. The maximum atomic E-state index is 11.1. The number of rotatable bonds is 8. The average Bonchev–Trinajstić information content (AvgIpc) is 2.87. The number of imidazole rings is 1. The van der Waals surface area contributed by atoms with Crippen LogP contribution in [0.25, 0.3) is 0 Å². The van der Waals surface area contributed by atoms with Crippen LogP contribution in [0.5, 0.6) is 5.75 Å².